The first-order chi connectivity index (χ1) is 5.90. The SMILES string of the molecule is C=CC[C]1Oc2ccccc2O1. The molecule has 1 aliphatic rings. The molecule has 0 aliphatic carbocycles. The van der Waals surface area contributed by atoms with Crippen LogP contribution in [-0.2, 0) is 0 Å². The molecule has 61 valence electrons. The normalized spacial score (nSPS) is 14.7. The minimum Gasteiger partial charge on any atom is -0.441 e. The summed E-state index contributed by atoms with van der Waals surface area (Å²) < 4.78 is 10.7. The number of benzene rings is 1. The van der Waals surface area contributed by atoms with Gasteiger partial charge in [0.2, 0.25) is 0 Å². The van der Waals surface area contributed by atoms with Crippen LogP contribution in [-0.4, -0.2) is 0 Å². The molecule has 2 nitrogen and oxygen atoms in total. The largest absolute Gasteiger partial charge is 0.441 e. The summed E-state index contributed by atoms with van der Waals surface area (Å²) in [6.07, 6.45) is 2.99. The van der Waals surface area contributed by atoms with Gasteiger partial charge >= 0.3 is 6.29 Å². The van der Waals surface area contributed by atoms with E-state index in [-0.39, 0.29) is 0 Å². The van der Waals surface area contributed by atoms with Crippen molar-refractivity contribution in [2.75, 3.05) is 0 Å². The summed E-state index contributed by atoms with van der Waals surface area (Å²) in [6, 6.07) is 7.59. The third-order valence-corrected chi connectivity index (χ3v) is 1.61. The number of hydrogen-bond donors (Lipinski definition) is 0. The number of hydrogen-bond acceptors (Lipinski definition) is 2. The molecule has 2 rings (SSSR count). The van der Waals surface area contributed by atoms with Crippen molar-refractivity contribution in [3.63, 3.8) is 0 Å². The summed E-state index contributed by atoms with van der Waals surface area (Å²) >= 11 is 0. The van der Waals surface area contributed by atoms with E-state index in [0.29, 0.717) is 12.7 Å². The Morgan fingerprint density at radius 2 is 1.75 bits per heavy atom. The van der Waals surface area contributed by atoms with E-state index in [1.54, 1.807) is 6.08 Å². The summed E-state index contributed by atoms with van der Waals surface area (Å²) in [5, 5.41) is 0. The summed E-state index contributed by atoms with van der Waals surface area (Å²) in [5.41, 5.74) is 0. The predicted octanol–water partition coefficient (Wildman–Crippen LogP) is 2.52. The maximum atomic E-state index is 5.37. The molecule has 0 unspecified atom stereocenters. The molecule has 0 fully saturated rings. The average Bonchev–Trinajstić information content (AvgIpc) is 2.47. The second-order valence-electron chi connectivity index (χ2n) is 2.52. The Morgan fingerprint density at radius 3 is 2.25 bits per heavy atom. The minimum atomic E-state index is 0.603. The van der Waals surface area contributed by atoms with Crippen LogP contribution in [0.15, 0.2) is 36.9 Å². The first-order valence-corrected chi connectivity index (χ1v) is 3.81. The Labute approximate surface area is 71.4 Å². The molecule has 1 aromatic rings. The smallest absolute Gasteiger partial charge is 0.333 e. The fraction of sp³-hybridized carbons (Fsp3) is 0.100. The van der Waals surface area contributed by atoms with E-state index in [1.165, 1.54) is 0 Å². The second kappa shape index (κ2) is 2.89. The van der Waals surface area contributed by atoms with E-state index in [4.69, 9.17) is 9.47 Å². The summed E-state index contributed by atoms with van der Waals surface area (Å²) in [6.45, 7) is 3.61. The average molecular weight is 161 g/mol. The van der Waals surface area contributed by atoms with Crippen LogP contribution < -0.4 is 9.47 Å². The zero-order valence-corrected chi connectivity index (χ0v) is 6.62. The Balaban J connectivity index is 2.16. The quantitative estimate of drug-likeness (QED) is 0.620. The summed E-state index contributed by atoms with van der Waals surface area (Å²) in [7, 11) is 0. The third kappa shape index (κ3) is 1.16. The molecular weight excluding hydrogens is 152 g/mol. The van der Waals surface area contributed by atoms with Gasteiger partial charge < -0.3 is 9.47 Å². The van der Waals surface area contributed by atoms with E-state index in [0.717, 1.165) is 11.5 Å². The van der Waals surface area contributed by atoms with Gasteiger partial charge in [-0.1, -0.05) is 18.2 Å². The topological polar surface area (TPSA) is 18.5 Å². The van der Waals surface area contributed by atoms with Crippen LogP contribution in [0.4, 0.5) is 0 Å². The molecule has 1 radical (unpaired) electrons. The van der Waals surface area contributed by atoms with Crippen molar-refractivity contribution in [2.24, 2.45) is 0 Å². The monoisotopic (exact) mass is 161 g/mol. The van der Waals surface area contributed by atoms with Crippen molar-refractivity contribution in [2.45, 2.75) is 6.42 Å². The van der Waals surface area contributed by atoms with Crippen LogP contribution in [0.1, 0.15) is 6.42 Å². The zero-order chi connectivity index (χ0) is 8.39. The Morgan fingerprint density at radius 1 is 1.17 bits per heavy atom. The second-order valence-corrected chi connectivity index (χ2v) is 2.52. The predicted molar refractivity (Wildman–Crippen MR) is 45.8 cm³/mol. The number of para-hydroxylation sites is 2. The van der Waals surface area contributed by atoms with Gasteiger partial charge in [0.05, 0.1) is 6.42 Å². The van der Waals surface area contributed by atoms with Crippen molar-refractivity contribution in [1.82, 2.24) is 0 Å². The molecule has 0 bridgehead atoms. The highest BCUT2D eigenvalue weighted by molar-refractivity contribution is 5.43. The van der Waals surface area contributed by atoms with Gasteiger partial charge in [0.25, 0.3) is 0 Å². The fourth-order valence-corrected chi connectivity index (χ4v) is 1.09. The number of fused-ring (bicyclic) bond motifs is 1. The molecule has 1 aromatic carbocycles. The lowest BCUT2D eigenvalue weighted by molar-refractivity contribution is 0.173. The van der Waals surface area contributed by atoms with Crippen LogP contribution in [0.5, 0.6) is 11.5 Å². The number of rotatable bonds is 2. The van der Waals surface area contributed by atoms with Crippen LogP contribution in [0.3, 0.4) is 0 Å². The van der Waals surface area contributed by atoms with Gasteiger partial charge in [0.15, 0.2) is 11.5 Å². The van der Waals surface area contributed by atoms with Crippen LogP contribution >= 0.6 is 0 Å². The molecule has 0 saturated heterocycles. The molecule has 1 aliphatic heterocycles. The van der Waals surface area contributed by atoms with Gasteiger partial charge in [0, 0.05) is 0 Å². The van der Waals surface area contributed by atoms with Crippen molar-refractivity contribution < 1.29 is 9.47 Å². The molecule has 0 aromatic heterocycles. The van der Waals surface area contributed by atoms with Gasteiger partial charge in [0.1, 0.15) is 0 Å². The highest BCUT2D eigenvalue weighted by atomic mass is 16.7. The van der Waals surface area contributed by atoms with E-state index in [9.17, 15) is 0 Å². The van der Waals surface area contributed by atoms with Crippen molar-refractivity contribution in [1.29, 1.82) is 0 Å². The summed E-state index contributed by atoms with van der Waals surface area (Å²) in [5.74, 6) is 1.57. The first-order valence-electron chi connectivity index (χ1n) is 3.81. The van der Waals surface area contributed by atoms with Crippen LogP contribution in [0.2, 0.25) is 0 Å². The lowest BCUT2D eigenvalue weighted by Crippen LogP contribution is -2.05. The van der Waals surface area contributed by atoms with E-state index >= 15 is 0 Å². The Bertz CT molecular complexity index is 269. The molecule has 2 heteroatoms. The van der Waals surface area contributed by atoms with Gasteiger partial charge in [-0.15, -0.1) is 6.58 Å². The third-order valence-electron chi connectivity index (χ3n) is 1.61. The van der Waals surface area contributed by atoms with Gasteiger partial charge in [-0.3, -0.25) is 0 Å². The fourth-order valence-electron chi connectivity index (χ4n) is 1.09. The maximum absolute atomic E-state index is 5.37. The molecule has 0 saturated carbocycles. The van der Waals surface area contributed by atoms with E-state index in [1.807, 2.05) is 24.3 Å². The van der Waals surface area contributed by atoms with Crippen LogP contribution in [0, 0.1) is 6.29 Å². The Kier molecular flexibility index (Phi) is 1.74. The maximum Gasteiger partial charge on any atom is 0.333 e. The van der Waals surface area contributed by atoms with Gasteiger partial charge in [-0.05, 0) is 12.1 Å². The van der Waals surface area contributed by atoms with Crippen LogP contribution in [0.25, 0.3) is 0 Å². The highest BCUT2D eigenvalue weighted by Gasteiger charge is 2.24. The molecule has 0 N–H and O–H groups in total. The van der Waals surface area contributed by atoms with Gasteiger partial charge in [-0.2, -0.15) is 0 Å². The van der Waals surface area contributed by atoms with Crippen molar-refractivity contribution in [3.8, 4) is 11.5 Å². The Hall–Kier alpha value is -1.44. The lowest BCUT2D eigenvalue weighted by atomic mass is 10.3. The summed E-state index contributed by atoms with van der Waals surface area (Å²) in [4.78, 5) is 0. The van der Waals surface area contributed by atoms with Gasteiger partial charge in [-0.25, -0.2) is 0 Å². The van der Waals surface area contributed by atoms with E-state index in [2.05, 4.69) is 6.58 Å². The molecular formula is C10H9O2. The molecule has 1 heterocycles. The minimum absolute atomic E-state index is 0.603. The first kappa shape index (κ1) is 7.22. The standard InChI is InChI=1S/C10H9O2/c1-2-5-10-11-8-6-3-4-7-9(8)12-10/h2-4,6-7H,1,5H2. The molecule has 0 spiro atoms. The highest BCUT2D eigenvalue weighted by Crippen LogP contribution is 2.37. The molecule has 0 amide bonds. The zero-order valence-electron chi connectivity index (χ0n) is 6.62. The van der Waals surface area contributed by atoms with Crippen molar-refractivity contribution in [3.05, 3.63) is 43.2 Å². The lowest BCUT2D eigenvalue weighted by Gasteiger charge is -2.02. The van der Waals surface area contributed by atoms with E-state index < -0.39 is 0 Å². The molecule has 0 atom stereocenters. The number of ether oxygens (including phenoxy) is 2. The molecule has 12 heavy (non-hydrogen) atoms. The van der Waals surface area contributed by atoms with Crippen molar-refractivity contribution >= 4 is 0 Å².